The number of anilines is 1. The second kappa shape index (κ2) is 13.8. The van der Waals surface area contributed by atoms with Crippen LogP contribution < -0.4 is 9.62 Å². The zero-order chi connectivity index (χ0) is 30.3. The molecule has 0 bridgehead atoms. The van der Waals surface area contributed by atoms with Crippen molar-refractivity contribution in [1.29, 1.82) is 0 Å². The Morgan fingerprint density at radius 2 is 1.49 bits per heavy atom. The van der Waals surface area contributed by atoms with Gasteiger partial charge in [0, 0.05) is 13.1 Å². The lowest BCUT2D eigenvalue weighted by atomic mass is 10.1. The lowest BCUT2D eigenvalue weighted by Crippen LogP contribution is -2.52. The van der Waals surface area contributed by atoms with Gasteiger partial charge in [-0.05, 0) is 80.5 Å². The normalized spacial score (nSPS) is 12.2. The quantitative estimate of drug-likeness (QED) is 0.299. The minimum absolute atomic E-state index is 0.101. The van der Waals surface area contributed by atoms with E-state index < -0.39 is 28.5 Å². The van der Waals surface area contributed by atoms with Crippen molar-refractivity contribution < 1.29 is 18.0 Å². The summed E-state index contributed by atoms with van der Waals surface area (Å²) in [4.78, 5) is 29.3. The van der Waals surface area contributed by atoms with Crippen LogP contribution in [0.3, 0.4) is 0 Å². The Balaban J connectivity index is 2.10. The second-order valence-electron chi connectivity index (χ2n) is 11.1. The van der Waals surface area contributed by atoms with E-state index in [2.05, 4.69) is 5.32 Å². The molecule has 8 heteroatoms. The number of nitrogens with zero attached hydrogens (tertiary/aromatic N) is 2. The number of nitrogens with one attached hydrogen (secondary N) is 1. The fourth-order valence-electron chi connectivity index (χ4n) is 4.67. The monoisotopic (exact) mass is 577 g/mol. The first-order valence-electron chi connectivity index (χ1n) is 14.1. The Morgan fingerprint density at radius 3 is 2.10 bits per heavy atom. The van der Waals surface area contributed by atoms with E-state index in [1.807, 2.05) is 78.8 Å². The average molecular weight is 578 g/mol. The lowest BCUT2D eigenvalue weighted by Gasteiger charge is -2.34. The van der Waals surface area contributed by atoms with E-state index in [1.54, 1.807) is 36.4 Å². The molecule has 3 aromatic rings. The zero-order valence-corrected chi connectivity index (χ0v) is 26.1. The maximum atomic E-state index is 14.3. The molecule has 1 atom stereocenters. The van der Waals surface area contributed by atoms with Crippen LogP contribution in [0.5, 0.6) is 0 Å². The lowest BCUT2D eigenvalue weighted by molar-refractivity contribution is -0.140. The molecule has 0 aliphatic carbocycles. The molecule has 2 amide bonds. The largest absolute Gasteiger partial charge is 0.354 e. The van der Waals surface area contributed by atoms with Gasteiger partial charge in [0.25, 0.3) is 10.0 Å². The summed E-state index contributed by atoms with van der Waals surface area (Å²) in [5.74, 6) is -0.449. The first-order chi connectivity index (χ1) is 19.4. The Bertz CT molecular complexity index is 1470. The topological polar surface area (TPSA) is 86.8 Å². The molecule has 0 radical (unpaired) electrons. The first-order valence-corrected chi connectivity index (χ1v) is 15.6. The minimum atomic E-state index is -4.11. The predicted molar refractivity (Wildman–Crippen MR) is 165 cm³/mol. The van der Waals surface area contributed by atoms with Crippen LogP contribution in [0.1, 0.15) is 55.0 Å². The zero-order valence-electron chi connectivity index (χ0n) is 25.3. The molecule has 0 heterocycles. The van der Waals surface area contributed by atoms with Crippen molar-refractivity contribution in [2.45, 2.75) is 72.4 Å². The van der Waals surface area contributed by atoms with Crippen LogP contribution in [0.15, 0.2) is 71.6 Å². The van der Waals surface area contributed by atoms with Gasteiger partial charge in [-0.15, -0.1) is 0 Å². The number of rotatable bonds is 12. The Kier molecular flexibility index (Phi) is 10.7. The molecule has 0 fully saturated rings. The van der Waals surface area contributed by atoms with Crippen molar-refractivity contribution in [1.82, 2.24) is 10.2 Å². The summed E-state index contributed by atoms with van der Waals surface area (Å²) in [5.41, 5.74) is 4.93. The second-order valence-corrected chi connectivity index (χ2v) is 12.9. The Morgan fingerprint density at radius 1 is 0.854 bits per heavy atom. The van der Waals surface area contributed by atoms with Gasteiger partial charge in [0.05, 0.1) is 10.6 Å². The van der Waals surface area contributed by atoms with E-state index in [1.165, 1.54) is 9.21 Å². The molecule has 0 spiro atoms. The van der Waals surface area contributed by atoms with E-state index in [0.717, 1.165) is 27.8 Å². The predicted octanol–water partition coefficient (Wildman–Crippen LogP) is 5.70. The van der Waals surface area contributed by atoms with Crippen LogP contribution in [-0.2, 0) is 26.2 Å². The third kappa shape index (κ3) is 7.76. The van der Waals surface area contributed by atoms with Gasteiger partial charge in [-0.25, -0.2) is 8.42 Å². The number of hydrogen-bond donors (Lipinski definition) is 1. The van der Waals surface area contributed by atoms with Crippen molar-refractivity contribution >= 4 is 27.5 Å². The van der Waals surface area contributed by atoms with Gasteiger partial charge in [-0.2, -0.15) is 0 Å². The summed E-state index contributed by atoms with van der Waals surface area (Å²) < 4.78 is 29.4. The summed E-state index contributed by atoms with van der Waals surface area (Å²) in [6.07, 6.45) is 0.385. The molecule has 0 saturated carbocycles. The Hall–Kier alpha value is -3.65. The van der Waals surface area contributed by atoms with Crippen LogP contribution in [0.4, 0.5) is 5.69 Å². The third-order valence-corrected chi connectivity index (χ3v) is 9.18. The van der Waals surface area contributed by atoms with Crippen molar-refractivity contribution in [2.75, 3.05) is 17.4 Å². The molecule has 41 heavy (non-hydrogen) atoms. The fourth-order valence-corrected chi connectivity index (χ4v) is 6.14. The molecule has 1 N–H and O–H groups in total. The van der Waals surface area contributed by atoms with Gasteiger partial charge in [-0.3, -0.25) is 13.9 Å². The average Bonchev–Trinajstić information content (AvgIpc) is 2.93. The van der Waals surface area contributed by atoms with Gasteiger partial charge in [0.1, 0.15) is 12.6 Å². The molecule has 3 aromatic carbocycles. The number of carbonyl (C=O) groups excluding carboxylic acids is 2. The minimum Gasteiger partial charge on any atom is -0.354 e. The number of carbonyl (C=O) groups is 2. The van der Waals surface area contributed by atoms with E-state index in [0.29, 0.717) is 18.7 Å². The van der Waals surface area contributed by atoms with Crippen LogP contribution in [0.25, 0.3) is 0 Å². The standard InChI is InChI=1S/C33H43N3O4S/c1-8-30(33(38)34-20-23(2)3)35(21-28-14-10-9-12-26(28)6)32(37)22-36(31-15-11-13-25(5)27(31)7)41(39,40)29-18-16-24(4)17-19-29/h9-19,23,30H,8,20-22H2,1-7H3,(H,34,38)/t30-/m1/s1. The fraction of sp³-hybridized carbons (Fsp3) is 0.394. The van der Waals surface area contributed by atoms with Crippen molar-refractivity contribution in [2.24, 2.45) is 5.92 Å². The molecule has 0 aliphatic heterocycles. The van der Waals surface area contributed by atoms with E-state index >= 15 is 0 Å². The molecule has 0 aliphatic rings. The first kappa shape index (κ1) is 31.9. The van der Waals surface area contributed by atoms with Crippen LogP contribution >= 0.6 is 0 Å². The molecular weight excluding hydrogens is 534 g/mol. The smallest absolute Gasteiger partial charge is 0.264 e. The highest BCUT2D eigenvalue weighted by Crippen LogP contribution is 2.29. The highest BCUT2D eigenvalue weighted by Gasteiger charge is 2.34. The van der Waals surface area contributed by atoms with Crippen molar-refractivity contribution in [3.8, 4) is 0 Å². The number of sulfonamides is 1. The van der Waals surface area contributed by atoms with Gasteiger partial charge in [0.2, 0.25) is 11.8 Å². The third-order valence-electron chi connectivity index (χ3n) is 7.40. The van der Waals surface area contributed by atoms with E-state index in [9.17, 15) is 18.0 Å². The highest BCUT2D eigenvalue weighted by molar-refractivity contribution is 7.92. The van der Waals surface area contributed by atoms with Crippen LogP contribution in [-0.4, -0.2) is 44.3 Å². The van der Waals surface area contributed by atoms with Gasteiger partial charge in [0.15, 0.2) is 0 Å². The summed E-state index contributed by atoms with van der Waals surface area (Å²) in [7, 11) is -4.11. The summed E-state index contributed by atoms with van der Waals surface area (Å²) in [6, 6.07) is 19.0. The van der Waals surface area contributed by atoms with E-state index in [4.69, 9.17) is 0 Å². The van der Waals surface area contributed by atoms with Gasteiger partial charge >= 0.3 is 0 Å². The molecule has 220 valence electrons. The molecule has 3 rings (SSSR count). The van der Waals surface area contributed by atoms with Gasteiger partial charge < -0.3 is 10.2 Å². The maximum absolute atomic E-state index is 14.3. The highest BCUT2D eigenvalue weighted by atomic mass is 32.2. The van der Waals surface area contributed by atoms with Gasteiger partial charge in [-0.1, -0.05) is 74.9 Å². The SMILES string of the molecule is CC[C@H](C(=O)NCC(C)C)N(Cc1ccccc1C)C(=O)CN(c1cccc(C)c1C)S(=O)(=O)c1ccc(C)cc1. The Labute approximate surface area is 245 Å². The number of benzene rings is 3. The summed E-state index contributed by atoms with van der Waals surface area (Å²) >= 11 is 0. The number of amides is 2. The molecule has 7 nitrogen and oxygen atoms in total. The molecular formula is C33H43N3O4S. The van der Waals surface area contributed by atoms with E-state index in [-0.39, 0.29) is 23.3 Å². The summed E-state index contributed by atoms with van der Waals surface area (Å²) in [5, 5.41) is 2.97. The molecule has 0 aromatic heterocycles. The maximum Gasteiger partial charge on any atom is 0.264 e. The molecule has 0 unspecified atom stereocenters. The van der Waals surface area contributed by atoms with Crippen LogP contribution in [0.2, 0.25) is 0 Å². The van der Waals surface area contributed by atoms with Crippen molar-refractivity contribution in [3.05, 3.63) is 94.5 Å². The number of aryl methyl sites for hydroxylation is 3. The molecule has 0 saturated heterocycles. The summed E-state index contributed by atoms with van der Waals surface area (Å²) in [6.45, 7) is 13.7. The van der Waals surface area contributed by atoms with Crippen molar-refractivity contribution in [3.63, 3.8) is 0 Å². The number of hydrogen-bond acceptors (Lipinski definition) is 4. The van der Waals surface area contributed by atoms with Crippen LogP contribution in [0, 0.1) is 33.6 Å².